The zero-order valence-corrected chi connectivity index (χ0v) is 11.2. The largest absolute Gasteiger partial charge is 0.312 e. The summed E-state index contributed by atoms with van der Waals surface area (Å²) in [4.78, 5) is 0. The van der Waals surface area contributed by atoms with Gasteiger partial charge in [0, 0.05) is 12.1 Å². The standard InChI is InChI=1S/C16H13F3N2/c17-14-4-2-1-3-12(14)5-6-21-10-13-15(18)7-11(9-20)8-16(13)19/h1-4,7-8,21H,5-6,10H2. The van der Waals surface area contributed by atoms with Crippen LogP contribution in [0.15, 0.2) is 36.4 Å². The summed E-state index contributed by atoms with van der Waals surface area (Å²) in [7, 11) is 0. The molecular formula is C16H13F3N2. The van der Waals surface area contributed by atoms with Gasteiger partial charge in [-0.15, -0.1) is 0 Å². The second kappa shape index (κ2) is 6.91. The maximum atomic E-state index is 13.6. The number of nitrogens with one attached hydrogen (secondary N) is 1. The molecule has 0 aromatic heterocycles. The summed E-state index contributed by atoms with van der Waals surface area (Å²) in [5, 5.41) is 11.5. The molecule has 5 heteroatoms. The Kier molecular flexibility index (Phi) is 4.96. The molecule has 0 aliphatic carbocycles. The van der Waals surface area contributed by atoms with Gasteiger partial charge in [0.2, 0.25) is 0 Å². The van der Waals surface area contributed by atoms with Gasteiger partial charge in [-0.3, -0.25) is 0 Å². The van der Waals surface area contributed by atoms with Gasteiger partial charge in [0.1, 0.15) is 17.5 Å². The van der Waals surface area contributed by atoms with E-state index >= 15 is 0 Å². The molecule has 0 aliphatic heterocycles. The van der Waals surface area contributed by atoms with Crippen LogP contribution in [0.5, 0.6) is 0 Å². The van der Waals surface area contributed by atoms with Gasteiger partial charge in [-0.1, -0.05) is 18.2 Å². The minimum absolute atomic E-state index is 0.0160. The van der Waals surface area contributed by atoms with E-state index in [1.807, 2.05) is 0 Å². The SMILES string of the molecule is N#Cc1cc(F)c(CNCCc2ccccc2F)c(F)c1. The monoisotopic (exact) mass is 290 g/mol. The van der Waals surface area contributed by atoms with Gasteiger partial charge in [0.15, 0.2) is 0 Å². The van der Waals surface area contributed by atoms with Crippen LogP contribution in [0.4, 0.5) is 13.2 Å². The summed E-state index contributed by atoms with van der Waals surface area (Å²) in [5.41, 5.74) is 0.369. The van der Waals surface area contributed by atoms with Gasteiger partial charge in [0.25, 0.3) is 0 Å². The van der Waals surface area contributed by atoms with Crippen LogP contribution >= 0.6 is 0 Å². The molecule has 0 spiro atoms. The van der Waals surface area contributed by atoms with Crippen molar-refractivity contribution in [2.45, 2.75) is 13.0 Å². The number of hydrogen-bond acceptors (Lipinski definition) is 2. The van der Waals surface area contributed by atoms with E-state index in [0.717, 1.165) is 12.1 Å². The molecule has 0 amide bonds. The summed E-state index contributed by atoms with van der Waals surface area (Å²) in [6, 6.07) is 10.1. The molecule has 0 bridgehead atoms. The number of hydrogen-bond donors (Lipinski definition) is 1. The molecule has 0 saturated carbocycles. The molecular weight excluding hydrogens is 277 g/mol. The Morgan fingerprint density at radius 3 is 2.29 bits per heavy atom. The van der Waals surface area contributed by atoms with Crippen LogP contribution in [0.1, 0.15) is 16.7 Å². The Bertz CT molecular complexity index is 654. The van der Waals surface area contributed by atoms with Gasteiger partial charge in [-0.05, 0) is 36.7 Å². The van der Waals surface area contributed by atoms with E-state index < -0.39 is 11.6 Å². The third-order valence-corrected chi connectivity index (χ3v) is 3.10. The third kappa shape index (κ3) is 3.83. The molecule has 21 heavy (non-hydrogen) atoms. The maximum absolute atomic E-state index is 13.6. The maximum Gasteiger partial charge on any atom is 0.131 e. The van der Waals surface area contributed by atoms with E-state index in [2.05, 4.69) is 5.32 Å². The first-order valence-electron chi connectivity index (χ1n) is 6.44. The normalized spacial score (nSPS) is 10.4. The van der Waals surface area contributed by atoms with Crippen molar-refractivity contribution in [2.24, 2.45) is 0 Å². The third-order valence-electron chi connectivity index (χ3n) is 3.10. The lowest BCUT2D eigenvalue weighted by molar-refractivity contribution is 0.533. The Morgan fingerprint density at radius 2 is 1.67 bits per heavy atom. The summed E-state index contributed by atoms with van der Waals surface area (Å²) in [6.07, 6.45) is 0.423. The van der Waals surface area contributed by atoms with E-state index in [9.17, 15) is 13.2 Å². The number of nitrogens with zero attached hydrogens (tertiary/aromatic N) is 1. The molecule has 108 valence electrons. The fourth-order valence-electron chi connectivity index (χ4n) is 1.97. The molecule has 0 heterocycles. The average molecular weight is 290 g/mol. The second-order valence-corrected chi connectivity index (χ2v) is 4.55. The predicted molar refractivity (Wildman–Crippen MR) is 72.9 cm³/mol. The van der Waals surface area contributed by atoms with Crippen LogP contribution in [0, 0.1) is 28.8 Å². The quantitative estimate of drug-likeness (QED) is 0.858. The van der Waals surface area contributed by atoms with Crippen molar-refractivity contribution in [1.82, 2.24) is 5.32 Å². The summed E-state index contributed by atoms with van der Waals surface area (Å²) < 4.78 is 40.6. The van der Waals surface area contributed by atoms with E-state index in [1.54, 1.807) is 24.3 Å². The van der Waals surface area contributed by atoms with Crippen molar-refractivity contribution < 1.29 is 13.2 Å². The summed E-state index contributed by atoms with van der Waals surface area (Å²) in [6.45, 7) is 0.373. The molecule has 0 aliphatic rings. The van der Waals surface area contributed by atoms with Crippen molar-refractivity contribution >= 4 is 0 Å². The van der Waals surface area contributed by atoms with E-state index in [0.29, 0.717) is 18.5 Å². The van der Waals surface area contributed by atoms with Crippen LogP contribution < -0.4 is 5.32 Å². The number of rotatable bonds is 5. The van der Waals surface area contributed by atoms with Gasteiger partial charge in [0.05, 0.1) is 11.6 Å². The lowest BCUT2D eigenvalue weighted by Gasteiger charge is -2.08. The lowest BCUT2D eigenvalue weighted by Crippen LogP contribution is -2.19. The van der Waals surface area contributed by atoms with Crippen molar-refractivity contribution in [3.8, 4) is 6.07 Å². The van der Waals surface area contributed by atoms with Crippen molar-refractivity contribution in [3.63, 3.8) is 0 Å². The van der Waals surface area contributed by atoms with Gasteiger partial charge in [-0.25, -0.2) is 13.2 Å². The van der Waals surface area contributed by atoms with Crippen LogP contribution in [0.25, 0.3) is 0 Å². The topological polar surface area (TPSA) is 35.8 Å². The Labute approximate surface area is 120 Å². The Morgan fingerprint density at radius 1 is 1.00 bits per heavy atom. The highest BCUT2D eigenvalue weighted by molar-refractivity contribution is 5.34. The zero-order valence-electron chi connectivity index (χ0n) is 11.2. The fraction of sp³-hybridized carbons (Fsp3) is 0.188. The summed E-state index contributed by atoms with van der Waals surface area (Å²) >= 11 is 0. The zero-order chi connectivity index (χ0) is 15.2. The number of benzene rings is 2. The Balaban J connectivity index is 1.93. The minimum Gasteiger partial charge on any atom is -0.312 e. The molecule has 0 saturated heterocycles. The van der Waals surface area contributed by atoms with Crippen LogP contribution in [0.3, 0.4) is 0 Å². The van der Waals surface area contributed by atoms with Gasteiger partial charge < -0.3 is 5.32 Å². The molecule has 2 aromatic rings. The molecule has 0 radical (unpaired) electrons. The molecule has 0 unspecified atom stereocenters. The van der Waals surface area contributed by atoms with Crippen LogP contribution in [-0.2, 0) is 13.0 Å². The number of halogens is 3. The van der Waals surface area contributed by atoms with E-state index in [4.69, 9.17) is 5.26 Å². The first-order valence-corrected chi connectivity index (χ1v) is 6.44. The van der Waals surface area contributed by atoms with E-state index in [1.165, 1.54) is 6.07 Å². The second-order valence-electron chi connectivity index (χ2n) is 4.55. The fourth-order valence-corrected chi connectivity index (χ4v) is 1.97. The predicted octanol–water partition coefficient (Wildman–Crippen LogP) is 3.31. The van der Waals surface area contributed by atoms with Crippen molar-refractivity contribution in [1.29, 1.82) is 5.26 Å². The first-order chi connectivity index (χ1) is 10.1. The van der Waals surface area contributed by atoms with Gasteiger partial charge in [-0.2, -0.15) is 5.26 Å². The highest BCUT2D eigenvalue weighted by atomic mass is 19.1. The molecule has 2 rings (SSSR count). The molecule has 2 aromatic carbocycles. The number of nitriles is 1. The van der Waals surface area contributed by atoms with Crippen LogP contribution in [-0.4, -0.2) is 6.54 Å². The van der Waals surface area contributed by atoms with E-state index in [-0.39, 0.29) is 23.5 Å². The first kappa shape index (κ1) is 15.1. The average Bonchev–Trinajstić information content (AvgIpc) is 2.47. The highest BCUT2D eigenvalue weighted by Gasteiger charge is 2.10. The summed E-state index contributed by atoms with van der Waals surface area (Å²) in [5.74, 6) is -1.81. The highest BCUT2D eigenvalue weighted by Crippen LogP contribution is 2.15. The lowest BCUT2D eigenvalue weighted by atomic mass is 10.1. The van der Waals surface area contributed by atoms with Crippen molar-refractivity contribution in [3.05, 3.63) is 70.5 Å². The smallest absolute Gasteiger partial charge is 0.131 e. The van der Waals surface area contributed by atoms with Crippen molar-refractivity contribution in [2.75, 3.05) is 6.54 Å². The van der Waals surface area contributed by atoms with Crippen LogP contribution in [0.2, 0.25) is 0 Å². The molecule has 2 nitrogen and oxygen atoms in total. The molecule has 1 N–H and O–H groups in total. The van der Waals surface area contributed by atoms with Gasteiger partial charge >= 0.3 is 0 Å². The minimum atomic E-state index is -0.759. The Hall–Kier alpha value is -2.32. The molecule has 0 fully saturated rings. The molecule has 0 atom stereocenters.